The Hall–Kier alpha value is -2.34. The lowest BCUT2D eigenvalue weighted by Crippen LogP contribution is -2.19. The molecule has 0 saturated heterocycles. The van der Waals surface area contributed by atoms with Crippen molar-refractivity contribution < 1.29 is 4.79 Å². The van der Waals surface area contributed by atoms with Crippen LogP contribution in [0.25, 0.3) is 0 Å². The van der Waals surface area contributed by atoms with Crippen molar-refractivity contribution in [3.8, 4) is 0 Å². The predicted octanol–water partition coefficient (Wildman–Crippen LogP) is 2.73. The van der Waals surface area contributed by atoms with Crippen LogP contribution >= 0.6 is 0 Å². The van der Waals surface area contributed by atoms with Gasteiger partial charge in [0.05, 0.1) is 11.9 Å². The number of nitrogens with one attached hydrogen (secondary N) is 3. The van der Waals surface area contributed by atoms with Gasteiger partial charge < -0.3 is 16.0 Å². The molecule has 6 heteroatoms. The van der Waals surface area contributed by atoms with Crippen LogP contribution in [0.5, 0.6) is 0 Å². The van der Waals surface area contributed by atoms with Crippen molar-refractivity contribution in [2.75, 3.05) is 17.2 Å². The second-order valence-electron chi connectivity index (χ2n) is 4.88. The lowest BCUT2D eigenvalue weighted by molar-refractivity contribution is 0.262. The van der Waals surface area contributed by atoms with E-state index in [2.05, 4.69) is 34.9 Å². The molecule has 6 nitrogen and oxygen atoms in total. The van der Waals surface area contributed by atoms with Crippen LogP contribution in [0.2, 0.25) is 0 Å². The maximum atomic E-state index is 11.8. The standard InChI is InChI=1S/C15H21N5O/c1-4-16-11(2)12-5-7-13(8-6-12)18-15(21)19-14-9-17-20(3)10-14/h5-11,16H,4H2,1-3H3,(H2,18,19,21). The molecule has 0 radical (unpaired) electrons. The van der Waals surface area contributed by atoms with Crippen molar-refractivity contribution in [2.45, 2.75) is 19.9 Å². The van der Waals surface area contributed by atoms with Gasteiger partial charge in [-0.3, -0.25) is 4.68 Å². The number of carbonyl (C=O) groups excluding carboxylic acids is 1. The Morgan fingerprint density at radius 2 is 1.90 bits per heavy atom. The fourth-order valence-corrected chi connectivity index (χ4v) is 2.06. The van der Waals surface area contributed by atoms with Gasteiger partial charge in [0.25, 0.3) is 0 Å². The molecule has 1 aromatic carbocycles. The fourth-order valence-electron chi connectivity index (χ4n) is 2.06. The maximum Gasteiger partial charge on any atom is 0.323 e. The largest absolute Gasteiger partial charge is 0.323 e. The van der Waals surface area contributed by atoms with E-state index in [1.54, 1.807) is 24.1 Å². The van der Waals surface area contributed by atoms with Crippen molar-refractivity contribution in [1.82, 2.24) is 15.1 Å². The highest BCUT2D eigenvalue weighted by Gasteiger charge is 2.06. The minimum atomic E-state index is -0.282. The molecule has 0 bridgehead atoms. The summed E-state index contributed by atoms with van der Waals surface area (Å²) >= 11 is 0. The molecule has 2 rings (SSSR count). The summed E-state index contributed by atoms with van der Waals surface area (Å²) in [6.45, 7) is 5.12. The number of urea groups is 1. The molecule has 2 aromatic rings. The first-order valence-corrected chi connectivity index (χ1v) is 6.98. The van der Waals surface area contributed by atoms with E-state index in [1.807, 2.05) is 24.3 Å². The molecule has 0 aliphatic rings. The summed E-state index contributed by atoms with van der Waals surface area (Å²) in [6.07, 6.45) is 3.33. The Kier molecular flexibility index (Phi) is 4.94. The summed E-state index contributed by atoms with van der Waals surface area (Å²) in [6, 6.07) is 7.82. The molecular weight excluding hydrogens is 266 g/mol. The van der Waals surface area contributed by atoms with Crippen molar-refractivity contribution in [1.29, 1.82) is 0 Å². The van der Waals surface area contributed by atoms with E-state index in [1.165, 1.54) is 5.56 Å². The first-order chi connectivity index (χ1) is 10.1. The Balaban J connectivity index is 1.92. The second kappa shape index (κ2) is 6.90. The second-order valence-corrected chi connectivity index (χ2v) is 4.88. The summed E-state index contributed by atoms with van der Waals surface area (Å²) in [7, 11) is 1.80. The van der Waals surface area contributed by atoms with Gasteiger partial charge in [0.1, 0.15) is 0 Å². The summed E-state index contributed by atoms with van der Waals surface area (Å²) in [5, 5.41) is 12.9. The van der Waals surface area contributed by atoms with Crippen LogP contribution in [0.15, 0.2) is 36.7 Å². The number of hydrogen-bond donors (Lipinski definition) is 3. The highest BCUT2D eigenvalue weighted by molar-refractivity contribution is 5.99. The third-order valence-corrected chi connectivity index (χ3v) is 3.14. The zero-order valence-corrected chi connectivity index (χ0v) is 12.6. The van der Waals surface area contributed by atoms with E-state index in [0.29, 0.717) is 11.7 Å². The number of anilines is 2. The fraction of sp³-hybridized carbons (Fsp3) is 0.333. The normalized spacial score (nSPS) is 12.0. The van der Waals surface area contributed by atoms with Gasteiger partial charge in [0.2, 0.25) is 0 Å². The minimum absolute atomic E-state index is 0.282. The molecule has 112 valence electrons. The van der Waals surface area contributed by atoms with Crippen molar-refractivity contribution in [2.24, 2.45) is 7.05 Å². The van der Waals surface area contributed by atoms with Crippen LogP contribution in [0.4, 0.5) is 16.2 Å². The van der Waals surface area contributed by atoms with E-state index < -0.39 is 0 Å². The summed E-state index contributed by atoms with van der Waals surface area (Å²) < 4.78 is 1.63. The van der Waals surface area contributed by atoms with Crippen LogP contribution < -0.4 is 16.0 Å². The predicted molar refractivity (Wildman–Crippen MR) is 84.4 cm³/mol. The average molecular weight is 287 g/mol. The lowest BCUT2D eigenvalue weighted by Gasteiger charge is -2.13. The monoisotopic (exact) mass is 287 g/mol. The molecule has 0 aliphatic heterocycles. The average Bonchev–Trinajstić information content (AvgIpc) is 2.85. The molecule has 1 aromatic heterocycles. The van der Waals surface area contributed by atoms with Gasteiger partial charge in [-0.1, -0.05) is 19.1 Å². The lowest BCUT2D eigenvalue weighted by atomic mass is 10.1. The van der Waals surface area contributed by atoms with Gasteiger partial charge >= 0.3 is 6.03 Å². The first-order valence-electron chi connectivity index (χ1n) is 6.98. The van der Waals surface area contributed by atoms with E-state index in [-0.39, 0.29) is 6.03 Å². The van der Waals surface area contributed by atoms with Crippen LogP contribution in [-0.4, -0.2) is 22.4 Å². The Labute approximate surface area is 124 Å². The number of hydrogen-bond acceptors (Lipinski definition) is 3. The Morgan fingerprint density at radius 1 is 1.24 bits per heavy atom. The van der Waals surface area contributed by atoms with Gasteiger partial charge in [0.15, 0.2) is 0 Å². The van der Waals surface area contributed by atoms with E-state index in [4.69, 9.17) is 0 Å². The van der Waals surface area contributed by atoms with Crippen molar-refractivity contribution >= 4 is 17.4 Å². The van der Waals surface area contributed by atoms with Crippen LogP contribution in [0, 0.1) is 0 Å². The Bertz CT molecular complexity index is 590. The third-order valence-electron chi connectivity index (χ3n) is 3.14. The molecule has 0 spiro atoms. The molecule has 1 unspecified atom stereocenters. The topological polar surface area (TPSA) is 71.0 Å². The zero-order valence-electron chi connectivity index (χ0n) is 12.6. The highest BCUT2D eigenvalue weighted by atomic mass is 16.2. The third kappa shape index (κ3) is 4.32. The minimum Gasteiger partial charge on any atom is -0.310 e. The van der Waals surface area contributed by atoms with Gasteiger partial charge in [-0.15, -0.1) is 0 Å². The van der Waals surface area contributed by atoms with E-state index in [9.17, 15) is 4.79 Å². The van der Waals surface area contributed by atoms with E-state index >= 15 is 0 Å². The molecule has 2 amide bonds. The van der Waals surface area contributed by atoms with Gasteiger partial charge in [-0.2, -0.15) is 5.10 Å². The number of carbonyl (C=O) groups is 1. The zero-order chi connectivity index (χ0) is 15.2. The van der Waals surface area contributed by atoms with Gasteiger partial charge in [0, 0.05) is 25.0 Å². The number of aromatic nitrogens is 2. The molecule has 1 atom stereocenters. The number of benzene rings is 1. The van der Waals surface area contributed by atoms with Gasteiger partial charge in [-0.25, -0.2) is 4.79 Å². The number of amides is 2. The number of aryl methyl sites for hydroxylation is 1. The number of rotatable bonds is 5. The van der Waals surface area contributed by atoms with Crippen molar-refractivity contribution in [3.05, 3.63) is 42.2 Å². The SMILES string of the molecule is CCNC(C)c1ccc(NC(=O)Nc2cnn(C)c2)cc1. The van der Waals surface area contributed by atoms with E-state index in [0.717, 1.165) is 12.2 Å². The van der Waals surface area contributed by atoms with Crippen LogP contribution in [-0.2, 0) is 7.05 Å². The molecule has 1 heterocycles. The first kappa shape index (κ1) is 15.1. The summed E-state index contributed by atoms with van der Waals surface area (Å²) in [4.78, 5) is 11.8. The number of nitrogens with zero attached hydrogens (tertiary/aromatic N) is 2. The maximum absolute atomic E-state index is 11.8. The van der Waals surface area contributed by atoms with Crippen LogP contribution in [0.1, 0.15) is 25.5 Å². The molecule has 3 N–H and O–H groups in total. The summed E-state index contributed by atoms with van der Waals surface area (Å²) in [5.41, 5.74) is 2.60. The molecule has 0 saturated carbocycles. The van der Waals surface area contributed by atoms with Crippen LogP contribution in [0.3, 0.4) is 0 Å². The molecule has 0 aliphatic carbocycles. The Morgan fingerprint density at radius 3 is 2.48 bits per heavy atom. The van der Waals surface area contributed by atoms with Crippen molar-refractivity contribution in [3.63, 3.8) is 0 Å². The highest BCUT2D eigenvalue weighted by Crippen LogP contribution is 2.16. The molecule has 0 fully saturated rings. The molecular formula is C15H21N5O. The summed E-state index contributed by atoms with van der Waals surface area (Å²) in [5.74, 6) is 0. The smallest absolute Gasteiger partial charge is 0.310 e. The molecule has 21 heavy (non-hydrogen) atoms. The quantitative estimate of drug-likeness (QED) is 0.792. The van der Waals surface area contributed by atoms with Gasteiger partial charge in [-0.05, 0) is 31.2 Å².